The van der Waals surface area contributed by atoms with E-state index in [0.717, 1.165) is 19.4 Å². The first-order valence-corrected chi connectivity index (χ1v) is 7.92. The van der Waals surface area contributed by atoms with Gasteiger partial charge in [0.05, 0.1) is 12.7 Å². The minimum Gasteiger partial charge on any atom is -0.383 e. The maximum absolute atomic E-state index is 5.98. The Balaban J connectivity index is 0.00000264. The number of ether oxygens (including phenoxy) is 2. The van der Waals surface area contributed by atoms with Gasteiger partial charge in [0.2, 0.25) is 0 Å². The van der Waals surface area contributed by atoms with Gasteiger partial charge in [-0.05, 0) is 25.3 Å². The normalized spacial score (nSPS) is 23.0. The molecule has 0 saturated carbocycles. The van der Waals surface area contributed by atoms with E-state index in [1.165, 1.54) is 5.56 Å². The molecule has 0 aromatic heterocycles. The van der Waals surface area contributed by atoms with Crippen molar-refractivity contribution in [2.24, 2.45) is 16.6 Å². The van der Waals surface area contributed by atoms with E-state index in [2.05, 4.69) is 34.6 Å². The van der Waals surface area contributed by atoms with Gasteiger partial charge < -0.3 is 20.5 Å². The molecule has 1 aliphatic rings. The minimum atomic E-state index is 0. The van der Waals surface area contributed by atoms with Crippen molar-refractivity contribution in [1.82, 2.24) is 5.32 Å². The van der Waals surface area contributed by atoms with E-state index in [-0.39, 0.29) is 36.1 Å². The van der Waals surface area contributed by atoms with Gasteiger partial charge in [0.15, 0.2) is 5.96 Å². The third kappa shape index (κ3) is 6.64. The number of benzene rings is 1. The highest BCUT2D eigenvalue weighted by Gasteiger charge is 2.27. The standard InChI is InChI=1S/C17H27N3O2.HI/c1-13(12-21-2)20-17(18)19-11-15-9-6-10-22-16(15)14-7-4-3-5-8-14;/h3-5,7-8,13,15-16H,6,9-12H2,1-2H3,(H3,18,19,20);1H. The minimum absolute atomic E-state index is 0. The fourth-order valence-electron chi connectivity index (χ4n) is 2.85. The molecule has 1 aliphatic heterocycles. The maximum Gasteiger partial charge on any atom is 0.188 e. The summed E-state index contributed by atoms with van der Waals surface area (Å²) in [6, 6.07) is 10.5. The lowest BCUT2D eigenvalue weighted by molar-refractivity contribution is -0.0250. The predicted molar refractivity (Wildman–Crippen MR) is 104 cm³/mol. The van der Waals surface area contributed by atoms with Crippen LogP contribution in [-0.2, 0) is 9.47 Å². The van der Waals surface area contributed by atoms with Crippen LogP contribution in [0.5, 0.6) is 0 Å². The van der Waals surface area contributed by atoms with Crippen molar-refractivity contribution in [3.05, 3.63) is 35.9 Å². The molecule has 1 aromatic rings. The van der Waals surface area contributed by atoms with E-state index < -0.39 is 0 Å². The van der Waals surface area contributed by atoms with E-state index in [4.69, 9.17) is 15.2 Å². The fourth-order valence-corrected chi connectivity index (χ4v) is 2.85. The van der Waals surface area contributed by atoms with Crippen molar-refractivity contribution in [1.29, 1.82) is 0 Å². The van der Waals surface area contributed by atoms with Crippen molar-refractivity contribution in [3.63, 3.8) is 0 Å². The molecule has 3 N–H and O–H groups in total. The summed E-state index contributed by atoms with van der Waals surface area (Å²) in [5.74, 6) is 0.844. The Kier molecular flexibility index (Phi) is 9.50. The SMILES string of the molecule is COCC(C)NC(N)=NCC1CCCOC1c1ccccc1.I. The van der Waals surface area contributed by atoms with E-state index in [0.29, 0.717) is 25.0 Å². The lowest BCUT2D eigenvalue weighted by Gasteiger charge is -2.31. The molecule has 3 atom stereocenters. The highest BCUT2D eigenvalue weighted by Crippen LogP contribution is 2.33. The van der Waals surface area contributed by atoms with Crippen molar-refractivity contribution < 1.29 is 9.47 Å². The molecule has 1 fully saturated rings. The van der Waals surface area contributed by atoms with Crippen LogP contribution in [-0.4, -0.2) is 38.9 Å². The van der Waals surface area contributed by atoms with Crippen LogP contribution >= 0.6 is 24.0 Å². The van der Waals surface area contributed by atoms with Crippen LogP contribution in [0.1, 0.15) is 31.4 Å². The Morgan fingerprint density at radius 3 is 2.87 bits per heavy atom. The molecule has 1 aromatic carbocycles. The summed E-state index contributed by atoms with van der Waals surface area (Å²) in [6.45, 7) is 4.12. The van der Waals surface area contributed by atoms with Crippen molar-refractivity contribution in [2.75, 3.05) is 26.9 Å². The summed E-state index contributed by atoms with van der Waals surface area (Å²) in [4.78, 5) is 4.49. The van der Waals surface area contributed by atoms with Crippen LogP contribution in [0.3, 0.4) is 0 Å². The van der Waals surface area contributed by atoms with Gasteiger partial charge in [-0.25, -0.2) is 0 Å². The smallest absolute Gasteiger partial charge is 0.188 e. The number of nitrogens with zero attached hydrogens (tertiary/aromatic N) is 1. The predicted octanol–water partition coefficient (Wildman–Crippen LogP) is 2.71. The molecular formula is C17H28IN3O2. The number of methoxy groups -OCH3 is 1. The van der Waals surface area contributed by atoms with Crippen molar-refractivity contribution in [2.45, 2.75) is 31.9 Å². The molecule has 1 heterocycles. The molecule has 3 unspecified atom stereocenters. The molecule has 0 amide bonds. The molecule has 130 valence electrons. The maximum atomic E-state index is 5.98. The molecule has 6 heteroatoms. The fraction of sp³-hybridized carbons (Fsp3) is 0.588. The molecule has 0 radical (unpaired) electrons. The highest BCUT2D eigenvalue weighted by molar-refractivity contribution is 14.0. The van der Waals surface area contributed by atoms with Gasteiger partial charge in [0.1, 0.15) is 0 Å². The summed E-state index contributed by atoms with van der Waals surface area (Å²) >= 11 is 0. The van der Waals surface area contributed by atoms with Crippen LogP contribution in [0, 0.1) is 5.92 Å². The van der Waals surface area contributed by atoms with Crippen LogP contribution in [0.25, 0.3) is 0 Å². The first kappa shape index (κ1) is 20.2. The number of hydrogen-bond donors (Lipinski definition) is 2. The number of hydrogen-bond acceptors (Lipinski definition) is 3. The van der Waals surface area contributed by atoms with E-state index in [1.54, 1.807) is 7.11 Å². The van der Waals surface area contributed by atoms with Gasteiger partial charge in [0, 0.05) is 32.2 Å². The quantitative estimate of drug-likeness (QED) is 0.411. The van der Waals surface area contributed by atoms with Gasteiger partial charge in [-0.15, -0.1) is 24.0 Å². The first-order chi connectivity index (χ1) is 10.7. The molecular weight excluding hydrogens is 405 g/mol. The molecule has 0 bridgehead atoms. The second-order valence-electron chi connectivity index (χ2n) is 5.83. The third-order valence-electron chi connectivity index (χ3n) is 3.88. The molecule has 0 aliphatic carbocycles. The largest absolute Gasteiger partial charge is 0.383 e. The molecule has 23 heavy (non-hydrogen) atoms. The van der Waals surface area contributed by atoms with E-state index >= 15 is 0 Å². The highest BCUT2D eigenvalue weighted by atomic mass is 127. The summed E-state index contributed by atoms with van der Waals surface area (Å²) in [7, 11) is 1.68. The second kappa shape index (κ2) is 10.8. The zero-order chi connectivity index (χ0) is 15.8. The zero-order valence-corrected chi connectivity index (χ0v) is 16.2. The summed E-state index contributed by atoms with van der Waals surface area (Å²) in [5, 5.41) is 3.14. The Morgan fingerprint density at radius 2 is 2.17 bits per heavy atom. The van der Waals surface area contributed by atoms with Crippen LogP contribution < -0.4 is 11.1 Å². The van der Waals surface area contributed by atoms with Crippen LogP contribution in [0.4, 0.5) is 0 Å². The third-order valence-corrected chi connectivity index (χ3v) is 3.88. The Bertz CT molecular complexity index is 470. The lowest BCUT2D eigenvalue weighted by atomic mass is 9.89. The van der Waals surface area contributed by atoms with Crippen LogP contribution in [0.2, 0.25) is 0 Å². The summed E-state index contributed by atoms with van der Waals surface area (Å²) in [6.07, 6.45) is 2.31. The number of guanidine groups is 1. The van der Waals surface area contributed by atoms with E-state index in [9.17, 15) is 0 Å². The number of halogens is 1. The van der Waals surface area contributed by atoms with Gasteiger partial charge >= 0.3 is 0 Å². The average molecular weight is 433 g/mol. The number of nitrogens with one attached hydrogen (secondary N) is 1. The Morgan fingerprint density at radius 1 is 1.43 bits per heavy atom. The van der Waals surface area contributed by atoms with Crippen molar-refractivity contribution >= 4 is 29.9 Å². The first-order valence-electron chi connectivity index (χ1n) is 7.92. The molecule has 0 spiro atoms. The summed E-state index contributed by atoms with van der Waals surface area (Å²) in [5.41, 5.74) is 7.17. The number of nitrogens with two attached hydrogens (primary N) is 1. The van der Waals surface area contributed by atoms with Gasteiger partial charge in [-0.2, -0.15) is 0 Å². The van der Waals surface area contributed by atoms with Crippen LogP contribution in [0.15, 0.2) is 35.3 Å². The zero-order valence-electron chi connectivity index (χ0n) is 13.9. The summed E-state index contributed by atoms with van der Waals surface area (Å²) < 4.78 is 11.1. The number of aliphatic imine (C=N–C) groups is 1. The topological polar surface area (TPSA) is 68.9 Å². The average Bonchev–Trinajstić information content (AvgIpc) is 2.54. The molecule has 2 rings (SSSR count). The lowest BCUT2D eigenvalue weighted by Crippen LogP contribution is -2.41. The second-order valence-corrected chi connectivity index (χ2v) is 5.83. The number of rotatable bonds is 6. The van der Waals surface area contributed by atoms with Gasteiger partial charge in [-0.1, -0.05) is 30.3 Å². The molecule has 1 saturated heterocycles. The molecule has 5 nitrogen and oxygen atoms in total. The van der Waals surface area contributed by atoms with Gasteiger partial charge in [0.25, 0.3) is 0 Å². The monoisotopic (exact) mass is 433 g/mol. The van der Waals surface area contributed by atoms with E-state index in [1.807, 2.05) is 13.0 Å². The Hall–Kier alpha value is -0.860. The van der Waals surface area contributed by atoms with Crippen molar-refractivity contribution in [3.8, 4) is 0 Å². The Labute approximate surface area is 156 Å². The van der Waals surface area contributed by atoms with Gasteiger partial charge in [-0.3, -0.25) is 4.99 Å².